The van der Waals surface area contributed by atoms with Crippen LogP contribution in [0, 0.1) is 29.6 Å². The number of ether oxygens (including phenoxy) is 9. The van der Waals surface area contributed by atoms with Crippen molar-refractivity contribution in [3.63, 3.8) is 0 Å². The van der Waals surface area contributed by atoms with E-state index in [0.717, 1.165) is 0 Å². The van der Waals surface area contributed by atoms with Crippen molar-refractivity contribution in [2.45, 2.75) is 245 Å². The fraction of sp³-hybridized carbons (Fsp3) is 0.962. The van der Waals surface area contributed by atoms with E-state index in [1.807, 2.05) is 60.5 Å². The van der Waals surface area contributed by atoms with E-state index >= 15 is 0 Å². The number of likely N-dealkylation sites (N-methyl/N-ethyl adjacent to an activating group) is 1. The van der Waals surface area contributed by atoms with E-state index in [1.54, 1.807) is 14.2 Å². The molecule has 0 spiro atoms. The Bertz CT molecular complexity index is 1560. The number of methoxy groups -OCH3 is 2. The Morgan fingerprint density at radius 3 is 1.79 bits per heavy atom. The van der Waals surface area contributed by atoms with Gasteiger partial charge in [0.1, 0.15) is 30.2 Å². The lowest BCUT2D eigenvalue weighted by molar-refractivity contribution is -0.303. The molecule has 16 nitrogen and oxygen atoms in total. The third-order valence-electron chi connectivity index (χ3n) is 14.0. The summed E-state index contributed by atoms with van der Waals surface area (Å²) in [5.41, 5.74) is 0. The van der Waals surface area contributed by atoms with Crippen LogP contribution in [0.15, 0.2) is 0 Å². The van der Waals surface area contributed by atoms with Crippen LogP contribution in [0.25, 0.3) is 0 Å². The van der Waals surface area contributed by atoms with Crippen LogP contribution in [-0.2, 0) is 65.5 Å². The number of esters is 1. The van der Waals surface area contributed by atoms with Gasteiger partial charge in [0, 0.05) is 58.0 Å². The minimum absolute atomic E-state index is 0.0364. The molecule has 71 heavy (non-hydrogen) atoms. The van der Waals surface area contributed by atoms with E-state index in [1.165, 1.54) is 0 Å². The highest BCUT2D eigenvalue weighted by atomic mass is 28.4. The van der Waals surface area contributed by atoms with E-state index in [4.69, 9.17) is 55.9 Å². The van der Waals surface area contributed by atoms with E-state index in [0.29, 0.717) is 51.7 Å². The molecule has 3 aliphatic rings. The van der Waals surface area contributed by atoms with Gasteiger partial charge in [-0.15, -0.1) is 0 Å². The Morgan fingerprint density at radius 2 is 1.27 bits per heavy atom. The largest absolute Gasteiger partial charge is 0.462 e. The molecular formula is C52H103NO15Si3. The van der Waals surface area contributed by atoms with Gasteiger partial charge < -0.3 is 65.9 Å². The van der Waals surface area contributed by atoms with Crippen molar-refractivity contribution in [2.24, 2.45) is 29.6 Å². The summed E-state index contributed by atoms with van der Waals surface area (Å²) in [6.07, 6.45) is -4.76. The van der Waals surface area contributed by atoms with Gasteiger partial charge >= 0.3 is 5.97 Å². The van der Waals surface area contributed by atoms with Gasteiger partial charge in [-0.2, -0.15) is 0 Å². The van der Waals surface area contributed by atoms with Crippen LogP contribution < -0.4 is 0 Å². The smallest absolute Gasteiger partial charge is 0.308 e. The van der Waals surface area contributed by atoms with Gasteiger partial charge in [-0.05, 0) is 138 Å². The topological polar surface area (TPSA) is 168 Å². The predicted octanol–water partition coefficient (Wildman–Crippen LogP) is 8.64. The van der Waals surface area contributed by atoms with Gasteiger partial charge in [-0.3, -0.25) is 9.59 Å². The molecule has 3 heterocycles. The van der Waals surface area contributed by atoms with Crippen LogP contribution >= 0.6 is 0 Å². The number of cyclic esters (lactones) is 1. The molecule has 1 unspecified atom stereocenters. The predicted molar refractivity (Wildman–Crippen MR) is 284 cm³/mol. The molecule has 3 saturated heterocycles. The zero-order valence-corrected chi connectivity index (χ0v) is 51.2. The van der Waals surface area contributed by atoms with Crippen molar-refractivity contribution in [3.8, 4) is 0 Å². The van der Waals surface area contributed by atoms with Crippen LogP contribution in [0.2, 0.25) is 58.9 Å². The maximum atomic E-state index is 14.7. The second kappa shape index (κ2) is 29.1. The lowest BCUT2D eigenvalue weighted by Crippen LogP contribution is -2.65. The lowest BCUT2D eigenvalue weighted by Gasteiger charge is -2.50. The number of hydrogen-bond acceptors (Lipinski definition) is 16. The fourth-order valence-electron chi connectivity index (χ4n) is 10.7. The number of carbonyl (C=O) groups is 2. The van der Waals surface area contributed by atoms with E-state index in [9.17, 15) is 14.7 Å². The van der Waals surface area contributed by atoms with Crippen LogP contribution in [0.4, 0.5) is 0 Å². The van der Waals surface area contributed by atoms with Gasteiger partial charge in [0.05, 0.1) is 55.7 Å². The normalized spacial score (nSPS) is 37.1. The summed E-state index contributed by atoms with van der Waals surface area (Å²) in [5.74, 6) is -1.46. The molecule has 3 aliphatic heterocycles. The average molecular weight is 1070 g/mol. The van der Waals surface area contributed by atoms with Crippen molar-refractivity contribution in [2.75, 3.05) is 48.1 Å². The first-order valence-corrected chi connectivity index (χ1v) is 37.2. The number of aliphatic hydroxyl groups excluding tert-OH is 1. The molecule has 0 aromatic rings. The van der Waals surface area contributed by atoms with Crippen LogP contribution in [0.1, 0.15) is 100 Å². The molecule has 1 N–H and O–H groups in total. The molecule has 19 heteroatoms. The molecule has 0 aliphatic carbocycles. The zero-order valence-electron chi connectivity index (χ0n) is 48.2. The second-order valence-electron chi connectivity index (χ2n) is 23.9. The molecule has 18 atom stereocenters. The highest BCUT2D eigenvalue weighted by Gasteiger charge is 2.51. The van der Waals surface area contributed by atoms with Crippen molar-refractivity contribution in [1.29, 1.82) is 0 Å². The fourth-order valence-corrected chi connectivity index (χ4v) is 14.1. The minimum atomic E-state index is -2.36. The molecule has 0 amide bonds. The second-order valence-corrected chi connectivity index (χ2v) is 37.3. The number of carbonyl (C=O) groups excluding carboxylic acids is 2. The quantitative estimate of drug-likeness (QED) is 0.0658. The van der Waals surface area contributed by atoms with Gasteiger partial charge in [0.2, 0.25) is 0 Å². The molecule has 0 aromatic carbocycles. The van der Waals surface area contributed by atoms with Crippen LogP contribution in [0.3, 0.4) is 0 Å². The summed E-state index contributed by atoms with van der Waals surface area (Å²) in [7, 11) is 0.552. The first-order valence-electron chi connectivity index (χ1n) is 26.9. The van der Waals surface area contributed by atoms with Gasteiger partial charge in [-0.1, -0.05) is 27.7 Å². The molecular weight excluding hydrogens is 963 g/mol. The van der Waals surface area contributed by atoms with Crippen molar-refractivity contribution < 1.29 is 70.6 Å². The average Bonchev–Trinajstić information content (AvgIpc) is 3.25. The summed E-state index contributed by atoms with van der Waals surface area (Å²) in [6, 6.07) is -0.444. The molecule has 418 valence electrons. The van der Waals surface area contributed by atoms with Gasteiger partial charge in [0.15, 0.2) is 43.8 Å². The summed E-state index contributed by atoms with van der Waals surface area (Å²) < 4.78 is 78.9. The summed E-state index contributed by atoms with van der Waals surface area (Å²) in [6.45, 7) is 36.2. The number of Topliss-reactive ketones (excluding diaryl/α,β-unsaturated/α-hetero) is 1. The standard InChI is InChI=1S/C52H103NO15Si3/c1-22-40-38(31-61-51-50(58-12)49(57-11)47(36(8)63-51)67-70(16,17)18)27-32(4)25-26-39(54)33(5)28-37(29-43(59-23-2)60-24-3)46(34(6)41(30-42(55)64-40)66-69(13,14)15)65-52-48(68-71(19,20)21)44(53(9)10)45(56)35(7)62-52/h32-38,40-41,43-52,56H,22-31H2,1-21H3/t32?,33-,34+,35-,36-,37-,38-,40-,41+,44+,45-,46-,47-,48-,49-,50-,51-,52+/m1/s1. The summed E-state index contributed by atoms with van der Waals surface area (Å²) in [4.78, 5) is 31.2. The van der Waals surface area contributed by atoms with Crippen LogP contribution in [-0.4, -0.2) is 181 Å². The van der Waals surface area contributed by atoms with Gasteiger partial charge in [0.25, 0.3) is 0 Å². The maximum absolute atomic E-state index is 14.7. The SMILES string of the molecule is CCOC(C[C@H]1C[C@@H](C)C(=O)CCC(C)C[C@H](CO[C@@H]2O[C@H](C)[C@@H](O[Si](C)(C)C)[C@@H](OC)[C@H]2OC)[C@@H](CC)OC(=O)C[C@H](O[Si](C)(C)C)[C@H](C)[C@H]1O[C@@H]1O[C@H](C)[C@@H](O)[C@H](N(C)C)[C@H]1O[Si](C)(C)C)OCC. The zero-order chi connectivity index (χ0) is 53.8. The first-order chi connectivity index (χ1) is 33.0. The number of ketones is 1. The van der Waals surface area contributed by atoms with E-state index in [2.05, 4.69) is 72.8 Å². The Hall–Kier alpha value is -0.729. The third-order valence-corrected chi connectivity index (χ3v) is 17.0. The number of rotatable bonds is 21. The Balaban J connectivity index is 2.17. The summed E-state index contributed by atoms with van der Waals surface area (Å²) >= 11 is 0. The molecule has 3 rings (SSSR count). The highest BCUT2D eigenvalue weighted by molar-refractivity contribution is 6.70. The van der Waals surface area contributed by atoms with Crippen molar-refractivity contribution in [1.82, 2.24) is 4.90 Å². The van der Waals surface area contributed by atoms with Crippen molar-refractivity contribution >= 4 is 36.7 Å². The molecule has 0 bridgehead atoms. The number of nitrogens with zero attached hydrogens (tertiary/aromatic N) is 1. The summed E-state index contributed by atoms with van der Waals surface area (Å²) in [5, 5.41) is 11.6. The first kappa shape index (κ1) is 64.6. The highest BCUT2D eigenvalue weighted by Crippen LogP contribution is 2.39. The molecule has 0 saturated carbocycles. The van der Waals surface area contributed by atoms with E-state index < -0.39 is 105 Å². The molecule has 0 radical (unpaired) electrons. The maximum Gasteiger partial charge on any atom is 0.308 e. The van der Waals surface area contributed by atoms with E-state index in [-0.39, 0.29) is 60.7 Å². The molecule has 0 aromatic heterocycles. The van der Waals surface area contributed by atoms with Crippen molar-refractivity contribution in [3.05, 3.63) is 0 Å². The Kier molecular flexibility index (Phi) is 26.5. The van der Waals surface area contributed by atoms with Crippen LogP contribution in [0.5, 0.6) is 0 Å². The Labute approximate surface area is 433 Å². The monoisotopic (exact) mass is 1070 g/mol. The third kappa shape index (κ3) is 20.3. The number of hydrogen-bond donors (Lipinski definition) is 1. The molecule has 3 fully saturated rings. The minimum Gasteiger partial charge on any atom is -0.462 e. The number of aliphatic hydroxyl groups is 1. The van der Waals surface area contributed by atoms with Gasteiger partial charge in [-0.25, -0.2) is 0 Å². The Morgan fingerprint density at radius 1 is 0.704 bits per heavy atom. The lowest BCUT2D eigenvalue weighted by atomic mass is 9.78.